The fourth-order valence-corrected chi connectivity index (χ4v) is 2.39. The summed E-state index contributed by atoms with van der Waals surface area (Å²) in [5.41, 5.74) is 7.52. The quantitative estimate of drug-likeness (QED) is 0.892. The Kier molecular flexibility index (Phi) is 4.61. The highest BCUT2D eigenvalue weighted by Gasteiger charge is 2.22. The van der Waals surface area contributed by atoms with E-state index in [-0.39, 0.29) is 12.1 Å². The molecule has 18 heavy (non-hydrogen) atoms. The molecular weight excluding hydrogens is 226 g/mol. The van der Waals surface area contributed by atoms with Crippen molar-refractivity contribution in [2.45, 2.75) is 38.8 Å². The minimum atomic E-state index is 0.113. The van der Waals surface area contributed by atoms with Crippen LogP contribution in [0.3, 0.4) is 0 Å². The average Bonchev–Trinajstić information content (AvgIpc) is 2.39. The summed E-state index contributed by atoms with van der Waals surface area (Å²) >= 11 is 0. The van der Waals surface area contributed by atoms with Gasteiger partial charge in [0, 0.05) is 19.3 Å². The molecule has 2 N–H and O–H groups in total. The van der Waals surface area contributed by atoms with E-state index in [1.807, 2.05) is 26.0 Å². The third-order valence-electron chi connectivity index (χ3n) is 3.41. The Morgan fingerprint density at radius 1 is 1.17 bits per heavy atom. The third kappa shape index (κ3) is 3.47. The van der Waals surface area contributed by atoms with Crippen LogP contribution in [-0.4, -0.2) is 19.3 Å². The third-order valence-corrected chi connectivity index (χ3v) is 3.41. The fourth-order valence-electron chi connectivity index (χ4n) is 2.39. The van der Waals surface area contributed by atoms with E-state index in [0.717, 1.165) is 31.8 Å². The van der Waals surface area contributed by atoms with Crippen LogP contribution in [0, 0.1) is 5.92 Å². The molecule has 3 nitrogen and oxygen atoms in total. The van der Waals surface area contributed by atoms with Gasteiger partial charge in [0.05, 0.1) is 6.10 Å². The normalized spacial score (nSPS) is 18.9. The topological polar surface area (TPSA) is 44.5 Å². The number of benzene rings is 1. The summed E-state index contributed by atoms with van der Waals surface area (Å²) in [5.74, 6) is 1.45. The Bertz CT molecular complexity index is 355. The summed E-state index contributed by atoms with van der Waals surface area (Å²) < 4.78 is 11.0. The zero-order chi connectivity index (χ0) is 13.0. The lowest BCUT2D eigenvalue weighted by Gasteiger charge is -2.28. The maximum atomic E-state index is 6.32. The molecule has 1 aromatic carbocycles. The van der Waals surface area contributed by atoms with E-state index in [2.05, 4.69) is 12.1 Å². The molecule has 1 saturated heterocycles. The lowest BCUT2D eigenvalue weighted by Crippen LogP contribution is -2.27. The van der Waals surface area contributed by atoms with Gasteiger partial charge in [-0.2, -0.15) is 0 Å². The number of nitrogens with two attached hydrogens (primary N) is 1. The van der Waals surface area contributed by atoms with Gasteiger partial charge >= 0.3 is 0 Å². The maximum absolute atomic E-state index is 6.32. The van der Waals surface area contributed by atoms with Crippen molar-refractivity contribution in [2.24, 2.45) is 11.7 Å². The molecule has 1 heterocycles. The van der Waals surface area contributed by atoms with E-state index in [4.69, 9.17) is 15.2 Å². The first-order valence-corrected chi connectivity index (χ1v) is 6.77. The Balaban J connectivity index is 1.99. The molecule has 0 bridgehead atoms. The Hall–Kier alpha value is -1.06. The molecule has 1 aromatic rings. The highest BCUT2D eigenvalue weighted by molar-refractivity contribution is 5.29. The van der Waals surface area contributed by atoms with Crippen LogP contribution >= 0.6 is 0 Å². The summed E-state index contributed by atoms with van der Waals surface area (Å²) in [6.45, 7) is 5.74. The van der Waals surface area contributed by atoms with Crippen molar-refractivity contribution in [3.63, 3.8) is 0 Å². The van der Waals surface area contributed by atoms with Gasteiger partial charge in [-0.1, -0.05) is 12.1 Å². The smallest absolute Gasteiger partial charge is 0.119 e. The predicted molar refractivity (Wildman–Crippen MR) is 72.7 cm³/mol. The summed E-state index contributed by atoms with van der Waals surface area (Å²) in [6, 6.07) is 8.29. The van der Waals surface area contributed by atoms with E-state index in [0.29, 0.717) is 5.92 Å². The second-order valence-corrected chi connectivity index (χ2v) is 5.21. The van der Waals surface area contributed by atoms with E-state index in [1.54, 1.807) is 0 Å². The first-order valence-electron chi connectivity index (χ1n) is 6.77. The number of ether oxygens (including phenoxy) is 2. The van der Waals surface area contributed by atoms with Crippen molar-refractivity contribution in [3.8, 4) is 5.75 Å². The average molecular weight is 249 g/mol. The van der Waals surface area contributed by atoms with Gasteiger partial charge < -0.3 is 15.2 Å². The van der Waals surface area contributed by atoms with Crippen molar-refractivity contribution in [1.29, 1.82) is 0 Å². The van der Waals surface area contributed by atoms with Crippen LogP contribution < -0.4 is 10.5 Å². The van der Waals surface area contributed by atoms with Gasteiger partial charge in [-0.15, -0.1) is 0 Å². The SMILES string of the molecule is CC(C)Oc1ccc(C(N)C2CCOCC2)cc1. The lowest BCUT2D eigenvalue weighted by molar-refractivity contribution is 0.0583. The van der Waals surface area contributed by atoms with Crippen LogP contribution in [0.25, 0.3) is 0 Å². The summed E-state index contributed by atoms with van der Waals surface area (Å²) in [4.78, 5) is 0. The molecule has 3 heteroatoms. The van der Waals surface area contributed by atoms with Crippen molar-refractivity contribution in [1.82, 2.24) is 0 Å². The number of rotatable bonds is 4. The van der Waals surface area contributed by atoms with Crippen molar-refractivity contribution >= 4 is 0 Å². The monoisotopic (exact) mass is 249 g/mol. The van der Waals surface area contributed by atoms with Gasteiger partial charge in [0.15, 0.2) is 0 Å². The van der Waals surface area contributed by atoms with E-state index in [1.165, 1.54) is 5.56 Å². The Morgan fingerprint density at radius 3 is 2.33 bits per heavy atom. The highest BCUT2D eigenvalue weighted by Crippen LogP contribution is 2.29. The molecule has 2 rings (SSSR count). The van der Waals surface area contributed by atoms with Crippen molar-refractivity contribution in [2.75, 3.05) is 13.2 Å². The summed E-state index contributed by atoms with van der Waals surface area (Å²) in [6.07, 6.45) is 2.33. The molecule has 0 saturated carbocycles. The van der Waals surface area contributed by atoms with Gasteiger partial charge in [-0.25, -0.2) is 0 Å². The molecule has 1 aliphatic heterocycles. The molecule has 0 amide bonds. The van der Waals surface area contributed by atoms with E-state index < -0.39 is 0 Å². The van der Waals surface area contributed by atoms with Crippen LogP contribution in [0.2, 0.25) is 0 Å². The second-order valence-electron chi connectivity index (χ2n) is 5.21. The first kappa shape index (κ1) is 13.4. The lowest BCUT2D eigenvalue weighted by atomic mass is 9.88. The molecule has 0 radical (unpaired) electrons. The first-order chi connectivity index (χ1) is 8.66. The molecule has 0 aromatic heterocycles. The minimum absolute atomic E-state index is 0.113. The van der Waals surface area contributed by atoms with Crippen LogP contribution in [-0.2, 0) is 4.74 Å². The van der Waals surface area contributed by atoms with Crippen LogP contribution in [0.5, 0.6) is 5.75 Å². The maximum Gasteiger partial charge on any atom is 0.119 e. The van der Waals surface area contributed by atoms with Gasteiger partial charge in [-0.3, -0.25) is 0 Å². The van der Waals surface area contributed by atoms with Gasteiger partial charge in [0.25, 0.3) is 0 Å². The van der Waals surface area contributed by atoms with Crippen molar-refractivity contribution < 1.29 is 9.47 Å². The second kappa shape index (κ2) is 6.21. The molecule has 0 aliphatic carbocycles. The van der Waals surface area contributed by atoms with Gasteiger partial charge in [0.1, 0.15) is 5.75 Å². The zero-order valence-electron chi connectivity index (χ0n) is 11.3. The fraction of sp³-hybridized carbons (Fsp3) is 0.600. The molecule has 100 valence electrons. The standard InChI is InChI=1S/C15H23NO2/c1-11(2)18-14-5-3-12(4-6-14)15(16)13-7-9-17-10-8-13/h3-6,11,13,15H,7-10,16H2,1-2H3. The van der Waals surface area contributed by atoms with Gasteiger partial charge in [0.2, 0.25) is 0 Å². The largest absolute Gasteiger partial charge is 0.491 e. The van der Waals surface area contributed by atoms with E-state index in [9.17, 15) is 0 Å². The summed E-state index contributed by atoms with van der Waals surface area (Å²) in [5, 5.41) is 0. The molecule has 1 unspecified atom stereocenters. The van der Waals surface area contributed by atoms with Crippen molar-refractivity contribution in [3.05, 3.63) is 29.8 Å². The van der Waals surface area contributed by atoms with Crippen LogP contribution in [0.1, 0.15) is 38.3 Å². The predicted octanol–water partition coefficient (Wildman–Crippen LogP) is 2.90. The highest BCUT2D eigenvalue weighted by atomic mass is 16.5. The minimum Gasteiger partial charge on any atom is -0.491 e. The number of hydrogen-bond donors (Lipinski definition) is 1. The molecule has 1 atom stereocenters. The Morgan fingerprint density at radius 2 is 1.78 bits per heavy atom. The molecule has 1 aliphatic rings. The van der Waals surface area contributed by atoms with E-state index >= 15 is 0 Å². The molecular formula is C15H23NO2. The molecule has 1 fully saturated rings. The van der Waals surface area contributed by atoms with Gasteiger partial charge in [-0.05, 0) is 50.3 Å². The zero-order valence-corrected chi connectivity index (χ0v) is 11.3. The van der Waals surface area contributed by atoms with Crippen LogP contribution in [0.4, 0.5) is 0 Å². The van der Waals surface area contributed by atoms with Crippen LogP contribution in [0.15, 0.2) is 24.3 Å². The molecule has 0 spiro atoms. The summed E-state index contributed by atoms with van der Waals surface area (Å²) in [7, 11) is 0. The Labute approximate surface area is 109 Å². The number of hydrogen-bond acceptors (Lipinski definition) is 3.